The number of likely N-dealkylation sites (tertiary alicyclic amines) is 1. The number of hydrogen-bond donors (Lipinski definition) is 1. The van der Waals surface area contributed by atoms with Crippen molar-refractivity contribution in [1.82, 2.24) is 15.2 Å². The van der Waals surface area contributed by atoms with Crippen molar-refractivity contribution < 1.29 is 19.1 Å². The topological polar surface area (TPSA) is 80.8 Å². The molecule has 4 rings (SSSR count). The van der Waals surface area contributed by atoms with E-state index in [1.54, 1.807) is 37.7 Å². The van der Waals surface area contributed by atoms with E-state index in [-0.39, 0.29) is 17.4 Å². The van der Waals surface area contributed by atoms with Gasteiger partial charge in [0.25, 0.3) is 11.8 Å². The van der Waals surface area contributed by atoms with Crippen LogP contribution in [0.25, 0.3) is 0 Å². The molecule has 1 spiro atoms. The Labute approximate surface area is 182 Å². The molecule has 1 atom stereocenters. The second kappa shape index (κ2) is 9.47. The molecular weight excluding hydrogens is 394 g/mol. The summed E-state index contributed by atoms with van der Waals surface area (Å²) >= 11 is 0. The van der Waals surface area contributed by atoms with Gasteiger partial charge in [-0.25, -0.2) is 0 Å². The normalized spacial score (nSPS) is 20.3. The molecule has 2 saturated heterocycles. The number of ether oxygens (including phenoxy) is 2. The molecule has 1 aromatic carbocycles. The van der Waals surface area contributed by atoms with E-state index in [2.05, 4.69) is 10.3 Å². The van der Waals surface area contributed by atoms with Gasteiger partial charge in [0.2, 0.25) is 0 Å². The monoisotopic (exact) mass is 423 g/mol. The predicted molar refractivity (Wildman–Crippen MR) is 116 cm³/mol. The molecule has 0 bridgehead atoms. The van der Waals surface area contributed by atoms with E-state index < -0.39 is 0 Å². The summed E-state index contributed by atoms with van der Waals surface area (Å²) in [5, 5.41) is 3.05. The van der Waals surface area contributed by atoms with Crippen molar-refractivity contribution in [3.8, 4) is 5.75 Å². The number of nitrogens with zero attached hydrogens (tertiary/aromatic N) is 2. The van der Waals surface area contributed by atoms with E-state index in [0.717, 1.165) is 25.7 Å². The van der Waals surface area contributed by atoms with Gasteiger partial charge >= 0.3 is 0 Å². The molecule has 164 valence electrons. The molecular formula is C24H29N3O4. The van der Waals surface area contributed by atoms with Gasteiger partial charge in [-0.05, 0) is 61.9 Å². The highest BCUT2D eigenvalue weighted by molar-refractivity contribution is 5.95. The number of piperidine rings is 1. The highest BCUT2D eigenvalue weighted by Crippen LogP contribution is 2.37. The minimum atomic E-state index is -0.199. The maximum atomic E-state index is 12.9. The summed E-state index contributed by atoms with van der Waals surface area (Å²) in [5.74, 6) is 1.03. The van der Waals surface area contributed by atoms with Crippen LogP contribution in [0.3, 0.4) is 0 Å². The number of hydrogen-bond acceptors (Lipinski definition) is 5. The lowest BCUT2D eigenvalue weighted by atomic mass is 9.79. The Morgan fingerprint density at radius 2 is 1.97 bits per heavy atom. The molecule has 0 aliphatic carbocycles. The van der Waals surface area contributed by atoms with Crippen molar-refractivity contribution >= 4 is 11.8 Å². The molecule has 2 aromatic rings. The van der Waals surface area contributed by atoms with Crippen molar-refractivity contribution in [3.63, 3.8) is 0 Å². The van der Waals surface area contributed by atoms with Crippen LogP contribution in [0.4, 0.5) is 0 Å². The Morgan fingerprint density at radius 3 is 2.71 bits per heavy atom. The van der Waals surface area contributed by atoms with Crippen molar-refractivity contribution in [2.75, 3.05) is 33.4 Å². The molecule has 1 N–H and O–H groups in total. The molecule has 0 saturated carbocycles. The van der Waals surface area contributed by atoms with E-state index >= 15 is 0 Å². The fourth-order valence-electron chi connectivity index (χ4n) is 4.55. The van der Waals surface area contributed by atoms with Crippen molar-refractivity contribution in [3.05, 3.63) is 59.9 Å². The first kappa shape index (κ1) is 21.3. The minimum Gasteiger partial charge on any atom is -0.497 e. The fourth-order valence-corrected chi connectivity index (χ4v) is 4.55. The number of rotatable bonds is 5. The predicted octanol–water partition coefficient (Wildman–Crippen LogP) is 2.92. The maximum absolute atomic E-state index is 12.9. The zero-order valence-corrected chi connectivity index (χ0v) is 17.9. The summed E-state index contributed by atoms with van der Waals surface area (Å²) in [7, 11) is 1.60. The molecule has 1 unspecified atom stereocenters. The Kier molecular flexibility index (Phi) is 6.51. The number of amides is 2. The van der Waals surface area contributed by atoms with Gasteiger partial charge in [-0.15, -0.1) is 0 Å². The quantitative estimate of drug-likeness (QED) is 0.800. The van der Waals surface area contributed by atoms with Crippen molar-refractivity contribution in [1.29, 1.82) is 0 Å². The average Bonchev–Trinajstić information content (AvgIpc) is 2.83. The van der Waals surface area contributed by atoms with Crippen LogP contribution >= 0.6 is 0 Å². The molecule has 2 aliphatic rings. The first-order chi connectivity index (χ1) is 15.1. The van der Waals surface area contributed by atoms with Crippen molar-refractivity contribution in [2.45, 2.75) is 31.3 Å². The fraction of sp³-hybridized carbons (Fsp3) is 0.458. The number of methoxy groups -OCH3 is 1. The second-order valence-corrected chi connectivity index (χ2v) is 8.36. The van der Waals surface area contributed by atoms with Crippen LogP contribution in [0.1, 0.15) is 46.4 Å². The zero-order valence-electron chi connectivity index (χ0n) is 17.9. The zero-order chi connectivity index (χ0) is 21.7. The van der Waals surface area contributed by atoms with Crippen LogP contribution in [0.15, 0.2) is 48.8 Å². The molecule has 1 aromatic heterocycles. The maximum Gasteiger partial charge on any atom is 0.253 e. The summed E-state index contributed by atoms with van der Waals surface area (Å²) in [5.41, 5.74) is 1.08. The minimum absolute atomic E-state index is 0.0331. The summed E-state index contributed by atoms with van der Waals surface area (Å²) in [4.78, 5) is 31.1. The number of benzene rings is 1. The average molecular weight is 424 g/mol. The number of carbonyl (C=O) groups excluding carboxylic acids is 2. The SMILES string of the molecule is COc1cccc(C(=O)N2CCC3(CC2)CC(CNC(=O)c2ccncc2)CCO3)c1. The molecule has 2 aliphatic heterocycles. The summed E-state index contributed by atoms with van der Waals surface area (Å²) < 4.78 is 11.5. The highest BCUT2D eigenvalue weighted by atomic mass is 16.5. The Hall–Kier alpha value is -2.93. The Balaban J connectivity index is 1.30. The lowest BCUT2D eigenvalue weighted by molar-refractivity contribution is -0.122. The van der Waals surface area contributed by atoms with Gasteiger partial charge in [0.1, 0.15) is 5.75 Å². The van der Waals surface area contributed by atoms with E-state index in [1.807, 2.05) is 23.1 Å². The van der Waals surface area contributed by atoms with E-state index in [9.17, 15) is 9.59 Å². The van der Waals surface area contributed by atoms with Crippen LogP contribution in [-0.4, -0.2) is 60.7 Å². The van der Waals surface area contributed by atoms with Gasteiger partial charge in [-0.1, -0.05) is 6.07 Å². The molecule has 7 nitrogen and oxygen atoms in total. The van der Waals surface area contributed by atoms with Crippen LogP contribution < -0.4 is 10.1 Å². The van der Waals surface area contributed by atoms with E-state index in [4.69, 9.17) is 9.47 Å². The molecule has 2 fully saturated rings. The third-order valence-corrected chi connectivity index (χ3v) is 6.37. The van der Waals surface area contributed by atoms with Gasteiger partial charge in [-0.2, -0.15) is 0 Å². The van der Waals surface area contributed by atoms with Crippen LogP contribution in [0, 0.1) is 5.92 Å². The van der Waals surface area contributed by atoms with Crippen molar-refractivity contribution in [2.24, 2.45) is 5.92 Å². The van der Waals surface area contributed by atoms with Crippen LogP contribution in [0.2, 0.25) is 0 Å². The summed E-state index contributed by atoms with van der Waals surface area (Å²) in [6, 6.07) is 10.7. The lowest BCUT2D eigenvalue weighted by Gasteiger charge is -2.46. The van der Waals surface area contributed by atoms with E-state index in [0.29, 0.717) is 49.0 Å². The third-order valence-electron chi connectivity index (χ3n) is 6.37. The third kappa shape index (κ3) is 5.05. The van der Waals surface area contributed by atoms with Crippen LogP contribution in [-0.2, 0) is 4.74 Å². The number of nitrogens with one attached hydrogen (secondary N) is 1. The standard InChI is InChI=1S/C24H29N3O4/c1-30-21-4-2-3-20(15-21)23(29)27-12-8-24(9-13-27)16-18(7-14-31-24)17-26-22(28)19-5-10-25-11-6-19/h2-6,10-11,15,18H,7-9,12-14,16-17H2,1H3,(H,26,28). The van der Waals surface area contributed by atoms with E-state index in [1.165, 1.54) is 0 Å². The van der Waals surface area contributed by atoms with Gasteiger partial charge < -0.3 is 19.7 Å². The number of pyridine rings is 1. The first-order valence-electron chi connectivity index (χ1n) is 10.8. The molecule has 7 heteroatoms. The number of aromatic nitrogens is 1. The molecule has 31 heavy (non-hydrogen) atoms. The Morgan fingerprint density at radius 1 is 1.19 bits per heavy atom. The first-order valence-corrected chi connectivity index (χ1v) is 10.8. The van der Waals surface area contributed by atoms with Gasteiger partial charge in [0.15, 0.2) is 0 Å². The molecule has 2 amide bonds. The van der Waals surface area contributed by atoms with Gasteiger partial charge in [0, 0.05) is 49.8 Å². The van der Waals surface area contributed by atoms with Gasteiger partial charge in [-0.3, -0.25) is 14.6 Å². The summed E-state index contributed by atoms with van der Waals surface area (Å²) in [6.07, 6.45) is 6.72. The number of carbonyl (C=O) groups is 2. The highest BCUT2D eigenvalue weighted by Gasteiger charge is 2.41. The van der Waals surface area contributed by atoms with Gasteiger partial charge in [0.05, 0.1) is 12.7 Å². The molecule has 0 radical (unpaired) electrons. The summed E-state index contributed by atoms with van der Waals surface area (Å²) in [6.45, 7) is 2.68. The lowest BCUT2D eigenvalue weighted by Crippen LogP contribution is -2.51. The smallest absolute Gasteiger partial charge is 0.253 e. The Bertz CT molecular complexity index is 910. The van der Waals surface area contributed by atoms with Crippen LogP contribution in [0.5, 0.6) is 5.75 Å². The largest absolute Gasteiger partial charge is 0.497 e. The second-order valence-electron chi connectivity index (χ2n) is 8.36. The molecule has 3 heterocycles.